The number of nitrogens with one attached hydrogen (secondary N) is 1. The van der Waals surface area contributed by atoms with E-state index in [1.54, 1.807) is 62.6 Å². The Hall–Kier alpha value is -3.72. The number of ether oxygens (including phenoxy) is 1. The van der Waals surface area contributed by atoms with Crippen LogP contribution in [0.4, 0.5) is 14.5 Å². The van der Waals surface area contributed by atoms with Gasteiger partial charge in [0.15, 0.2) is 5.16 Å². The Kier molecular flexibility index (Phi) is 6.41. The second-order valence-electron chi connectivity index (χ2n) is 7.13. The van der Waals surface area contributed by atoms with E-state index in [-0.39, 0.29) is 22.1 Å². The highest BCUT2D eigenvalue weighted by atomic mass is 32.2. The molecule has 1 heterocycles. The molecule has 0 fully saturated rings. The van der Waals surface area contributed by atoms with Crippen molar-refractivity contribution in [1.82, 2.24) is 9.55 Å². The van der Waals surface area contributed by atoms with Gasteiger partial charge in [0.2, 0.25) is 5.91 Å². The molecule has 6 nitrogen and oxygen atoms in total. The Morgan fingerprint density at radius 1 is 1.09 bits per heavy atom. The van der Waals surface area contributed by atoms with Gasteiger partial charge in [-0.3, -0.25) is 14.2 Å². The number of methoxy groups -OCH3 is 1. The molecule has 0 saturated carbocycles. The minimum absolute atomic E-state index is 0.113. The standard InChI is InChI=1S/C24H19F2N3O3S/c1-14(22(30)27-16-8-10-17(32-2)11-9-16)33-24-28-20-6-4-3-5-18(20)23(31)29(24)21-12-7-15(25)13-19(21)26/h3-14H,1-2H3,(H,27,30). The molecule has 0 radical (unpaired) electrons. The van der Waals surface area contributed by atoms with Gasteiger partial charge in [-0.2, -0.15) is 0 Å². The van der Waals surface area contributed by atoms with Gasteiger partial charge < -0.3 is 10.1 Å². The SMILES string of the molecule is COc1ccc(NC(=O)C(C)Sc2nc3ccccc3c(=O)n2-c2ccc(F)cc2F)cc1. The predicted octanol–water partition coefficient (Wildman–Crippen LogP) is 4.79. The molecule has 4 rings (SSSR count). The van der Waals surface area contributed by atoms with Gasteiger partial charge in [0, 0.05) is 11.8 Å². The number of para-hydroxylation sites is 1. The fourth-order valence-corrected chi connectivity index (χ4v) is 4.12. The molecule has 1 aromatic heterocycles. The summed E-state index contributed by atoms with van der Waals surface area (Å²) in [5.41, 5.74) is 0.314. The molecule has 0 aliphatic heterocycles. The van der Waals surface area contributed by atoms with E-state index in [9.17, 15) is 18.4 Å². The smallest absolute Gasteiger partial charge is 0.266 e. The van der Waals surface area contributed by atoms with Crippen LogP contribution in [0.3, 0.4) is 0 Å². The minimum atomic E-state index is -0.911. The monoisotopic (exact) mass is 467 g/mol. The molecule has 1 unspecified atom stereocenters. The van der Waals surface area contributed by atoms with Gasteiger partial charge in [0.1, 0.15) is 17.4 Å². The number of hydrogen-bond donors (Lipinski definition) is 1. The van der Waals surface area contributed by atoms with Gasteiger partial charge in [0.05, 0.1) is 29.0 Å². The van der Waals surface area contributed by atoms with Crippen LogP contribution in [0.5, 0.6) is 5.75 Å². The van der Waals surface area contributed by atoms with Crippen LogP contribution in [-0.2, 0) is 4.79 Å². The van der Waals surface area contributed by atoms with E-state index in [0.29, 0.717) is 23.0 Å². The zero-order valence-corrected chi connectivity index (χ0v) is 18.5. The first kappa shape index (κ1) is 22.5. The summed E-state index contributed by atoms with van der Waals surface area (Å²) >= 11 is 0.997. The summed E-state index contributed by atoms with van der Waals surface area (Å²) in [6.07, 6.45) is 0. The van der Waals surface area contributed by atoms with Crippen molar-refractivity contribution in [3.63, 3.8) is 0 Å². The molecule has 0 spiro atoms. The van der Waals surface area contributed by atoms with Gasteiger partial charge in [-0.05, 0) is 55.5 Å². The van der Waals surface area contributed by atoms with E-state index in [1.807, 2.05) is 0 Å². The first-order valence-corrected chi connectivity index (χ1v) is 10.8. The maximum Gasteiger partial charge on any atom is 0.266 e. The Bertz CT molecular complexity index is 1390. The molecule has 1 atom stereocenters. The molecule has 1 N–H and O–H groups in total. The maximum absolute atomic E-state index is 14.6. The predicted molar refractivity (Wildman–Crippen MR) is 124 cm³/mol. The first-order valence-electron chi connectivity index (χ1n) is 9.96. The molecular weight excluding hydrogens is 448 g/mol. The zero-order chi connectivity index (χ0) is 23.5. The number of rotatable bonds is 6. The number of benzene rings is 3. The van der Waals surface area contributed by atoms with E-state index in [2.05, 4.69) is 10.3 Å². The van der Waals surface area contributed by atoms with Crippen molar-refractivity contribution in [1.29, 1.82) is 0 Å². The summed E-state index contributed by atoms with van der Waals surface area (Å²) in [5.74, 6) is -1.36. The first-order chi connectivity index (χ1) is 15.9. The molecule has 0 aliphatic rings. The van der Waals surface area contributed by atoms with Crippen molar-refractivity contribution < 1.29 is 18.3 Å². The van der Waals surface area contributed by atoms with Gasteiger partial charge in [-0.15, -0.1) is 0 Å². The van der Waals surface area contributed by atoms with Gasteiger partial charge in [0.25, 0.3) is 5.56 Å². The Morgan fingerprint density at radius 3 is 2.52 bits per heavy atom. The number of anilines is 1. The van der Waals surface area contributed by atoms with E-state index in [0.717, 1.165) is 22.4 Å². The largest absolute Gasteiger partial charge is 0.497 e. The van der Waals surface area contributed by atoms with Crippen LogP contribution in [0.15, 0.2) is 76.7 Å². The summed E-state index contributed by atoms with van der Waals surface area (Å²) in [7, 11) is 1.55. The number of nitrogens with zero attached hydrogens (tertiary/aromatic N) is 2. The van der Waals surface area contributed by atoms with Gasteiger partial charge in [-0.25, -0.2) is 13.8 Å². The summed E-state index contributed by atoms with van der Waals surface area (Å²) in [6.45, 7) is 1.65. The van der Waals surface area contributed by atoms with Crippen LogP contribution >= 0.6 is 11.8 Å². The normalized spacial score (nSPS) is 11.9. The van der Waals surface area contributed by atoms with Crippen LogP contribution < -0.4 is 15.6 Å². The maximum atomic E-state index is 14.6. The van der Waals surface area contributed by atoms with Crippen molar-refractivity contribution in [3.05, 3.63) is 88.7 Å². The lowest BCUT2D eigenvalue weighted by atomic mass is 10.2. The second kappa shape index (κ2) is 9.41. The molecule has 3 aromatic carbocycles. The number of fused-ring (bicyclic) bond motifs is 1. The van der Waals surface area contributed by atoms with Crippen LogP contribution in [0.2, 0.25) is 0 Å². The lowest BCUT2D eigenvalue weighted by Crippen LogP contribution is -2.26. The summed E-state index contributed by atoms with van der Waals surface area (Å²) < 4.78 is 34.3. The van der Waals surface area contributed by atoms with Crippen LogP contribution in [0, 0.1) is 11.6 Å². The van der Waals surface area contributed by atoms with Crippen molar-refractivity contribution in [2.45, 2.75) is 17.3 Å². The van der Waals surface area contributed by atoms with E-state index in [1.165, 1.54) is 6.07 Å². The lowest BCUT2D eigenvalue weighted by molar-refractivity contribution is -0.115. The fraction of sp³-hybridized carbons (Fsp3) is 0.125. The third-order valence-electron chi connectivity index (χ3n) is 4.90. The molecule has 1 amide bonds. The Labute approximate surface area is 192 Å². The second-order valence-corrected chi connectivity index (χ2v) is 8.43. The zero-order valence-electron chi connectivity index (χ0n) is 17.7. The van der Waals surface area contributed by atoms with Gasteiger partial charge >= 0.3 is 0 Å². The van der Waals surface area contributed by atoms with Crippen molar-refractivity contribution in [2.75, 3.05) is 12.4 Å². The van der Waals surface area contributed by atoms with Crippen molar-refractivity contribution in [2.24, 2.45) is 0 Å². The highest BCUT2D eigenvalue weighted by Crippen LogP contribution is 2.27. The number of hydrogen-bond acceptors (Lipinski definition) is 5. The minimum Gasteiger partial charge on any atom is -0.497 e. The van der Waals surface area contributed by atoms with E-state index in [4.69, 9.17) is 4.74 Å². The van der Waals surface area contributed by atoms with Gasteiger partial charge in [-0.1, -0.05) is 23.9 Å². The average molecular weight is 467 g/mol. The quantitative estimate of drug-likeness (QED) is 0.326. The number of aromatic nitrogens is 2. The number of thioether (sulfide) groups is 1. The summed E-state index contributed by atoms with van der Waals surface area (Å²) in [6, 6.07) is 16.4. The summed E-state index contributed by atoms with van der Waals surface area (Å²) in [5, 5.41) is 2.49. The molecule has 33 heavy (non-hydrogen) atoms. The third kappa shape index (κ3) is 4.73. The number of halogens is 2. The summed E-state index contributed by atoms with van der Waals surface area (Å²) in [4.78, 5) is 30.5. The Balaban J connectivity index is 1.71. The average Bonchev–Trinajstić information content (AvgIpc) is 2.80. The molecule has 0 saturated heterocycles. The molecular formula is C24H19F2N3O3S. The van der Waals surface area contributed by atoms with Crippen LogP contribution in [-0.4, -0.2) is 27.8 Å². The van der Waals surface area contributed by atoms with Crippen LogP contribution in [0.1, 0.15) is 6.92 Å². The fourth-order valence-electron chi connectivity index (χ4n) is 3.20. The third-order valence-corrected chi connectivity index (χ3v) is 5.96. The molecule has 9 heteroatoms. The highest BCUT2D eigenvalue weighted by Gasteiger charge is 2.22. The lowest BCUT2D eigenvalue weighted by Gasteiger charge is -2.17. The molecule has 0 aliphatic carbocycles. The van der Waals surface area contributed by atoms with E-state index >= 15 is 0 Å². The Morgan fingerprint density at radius 2 is 1.82 bits per heavy atom. The molecule has 168 valence electrons. The molecule has 4 aromatic rings. The van der Waals surface area contributed by atoms with Crippen molar-refractivity contribution >= 4 is 34.3 Å². The number of amides is 1. The topological polar surface area (TPSA) is 73.2 Å². The number of carbonyl (C=O) groups excluding carboxylic acids is 1. The number of carbonyl (C=O) groups is 1. The van der Waals surface area contributed by atoms with Crippen LogP contribution in [0.25, 0.3) is 16.6 Å². The highest BCUT2D eigenvalue weighted by molar-refractivity contribution is 8.00. The van der Waals surface area contributed by atoms with Crippen molar-refractivity contribution in [3.8, 4) is 11.4 Å². The molecule has 0 bridgehead atoms. The van der Waals surface area contributed by atoms with E-state index < -0.39 is 22.4 Å².